The Morgan fingerprint density at radius 3 is 1.50 bits per heavy atom. The summed E-state index contributed by atoms with van der Waals surface area (Å²) in [5.41, 5.74) is 0. The molecule has 0 unspecified atom stereocenters. The van der Waals surface area contributed by atoms with Crippen molar-refractivity contribution in [1.82, 2.24) is 0 Å². The normalized spacial score (nSPS) is 10.2. The highest BCUT2D eigenvalue weighted by Gasteiger charge is 2.21. The molecule has 2 aromatic carbocycles. The van der Waals surface area contributed by atoms with Crippen molar-refractivity contribution < 1.29 is 14.8 Å². The minimum absolute atomic E-state index is 0.0937. The maximum absolute atomic E-state index is 11.5. The Bertz CT molecular complexity index is 608. The van der Waals surface area contributed by atoms with Gasteiger partial charge in [-0.2, -0.15) is 0 Å². The molecule has 0 fully saturated rings. The van der Waals surface area contributed by atoms with Gasteiger partial charge in [-0.15, -0.1) is 9.68 Å². The first-order valence-electron chi connectivity index (χ1n) is 5.19. The van der Waals surface area contributed by atoms with Gasteiger partial charge in [0.25, 0.3) is 0 Å². The van der Waals surface area contributed by atoms with E-state index in [2.05, 4.69) is 0 Å². The van der Waals surface area contributed by atoms with E-state index >= 15 is 0 Å². The van der Waals surface area contributed by atoms with Crippen molar-refractivity contribution in [3.05, 3.63) is 61.4 Å². The van der Waals surface area contributed by atoms with E-state index in [1.54, 1.807) is 0 Å². The highest BCUT2D eigenvalue weighted by atomic mass is 35.5. The summed E-state index contributed by atoms with van der Waals surface area (Å²) in [5, 5.41) is 1.06. The fourth-order valence-electron chi connectivity index (χ4n) is 1.28. The molecule has 2 rings (SSSR count). The van der Waals surface area contributed by atoms with Gasteiger partial charge in [-0.3, -0.25) is 0 Å². The molecule has 2 aromatic rings. The molecular formula is C12H6Cl4NO3+. The highest BCUT2D eigenvalue weighted by molar-refractivity contribution is 6.36. The molecule has 20 heavy (non-hydrogen) atoms. The SMILES string of the molecule is O=[N+](Oc1ccc(Cl)cc1Cl)Oc1ccc(Cl)cc1Cl. The zero-order valence-corrected chi connectivity index (χ0v) is 12.7. The summed E-state index contributed by atoms with van der Waals surface area (Å²) in [6.07, 6.45) is 0. The Hall–Kier alpha value is -1.20. The van der Waals surface area contributed by atoms with Crippen LogP contribution >= 0.6 is 46.4 Å². The summed E-state index contributed by atoms with van der Waals surface area (Å²) < 4.78 is 0. The van der Waals surface area contributed by atoms with Crippen molar-refractivity contribution in [1.29, 1.82) is 0 Å². The summed E-state index contributed by atoms with van der Waals surface area (Å²) in [4.78, 5) is 21.3. The van der Waals surface area contributed by atoms with Gasteiger partial charge in [0, 0.05) is 10.0 Å². The molecule has 4 nitrogen and oxygen atoms in total. The second-order valence-corrected chi connectivity index (χ2v) is 5.24. The summed E-state index contributed by atoms with van der Waals surface area (Å²) in [6.45, 7) is 0. The van der Waals surface area contributed by atoms with E-state index in [0.29, 0.717) is 10.0 Å². The van der Waals surface area contributed by atoms with Crippen LogP contribution in [0.15, 0.2) is 36.4 Å². The lowest BCUT2D eigenvalue weighted by Crippen LogP contribution is -2.17. The second-order valence-electron chi connectivity index (χ2n) is 3.56. The molecule has 0 saturated heterocycles. The van der Waals surface area contributed by atoms with Crippen LogP contribution in [0.2, 0.25) is 20.1 Å². The molecule has 0 aliphatic carbocycles. The zero-order valence-electron chi connectivity index (χ0n) is 9.65. The zero-order chi connectivity index (χ0) is 14.7. The average molecular weight is 354 g/mol. The van der Waals surface area contributed by atoms with Crippen molar-refractivity contribution in [2.45, 2.75) is 0 Å². The van der Waals surface area contributed by atoms with Gasteiger partial charge in [0.2, 0.25) is 11.5 Å². The van der Waals surface area contributed by atoms with Crippen LogP contribution in [0.3, 0.4) is 0 Å². The molecule has 0 bridgehead atoms. The minimum atomic E-state index is -0.121. The van der Waals surface area contributed by atoms with Gasteiger partial charge >= 0.3 is 5.09 Å². The Morgan fingerprint density at radius 1 is 0.750 bits per heavy atom. The lowest BCUT2D eigenvalue weighted by Gasteiger charge is -1.99. The molecule has 0 radical (unpaired) electrons. The van der Waals surface area contributed by atoms with E-state index in [-0.39, 0.29) is 26.6 Å². The van der Waals surface area contributed by atoms with Crippen LogP contribution in [0.25, 0.3) is 0 Å². The molecule has 0 aliphatic rings. The number of hydrogen-bond acceptors (Lipinski definition) is 3. The molecule has 0 saturated carbocycles. The minimum Gasteiger partial charge on any atom is -0.143 e. The van der Waals surface area contributed by atoms with E-state index in [0.717, 1.165) is 0 Å². The number of halogens is 4. The lowest BCUT2D eigenvalue weighted by atomic mass is 10.3. The van der Waals surface area contributed by atoms with Crippen LogP contribution in [0, 0.1) is 4.91 Å². The van der Waals surface area contributed by atoms with E-state index in [4.69, 9.17) is 56.1 Å². The Kier molecular flexibility index (Phi) is 4.94. The van der Waals surface area contributed by atoms with Crippen molar-refractivity contribution in [2.75, 3.05) is 0 Å². The lowest BCUT2D eigenvalue weighted by molar-refractivity contribution is -0.920. The first kappa shape index (κ1) is 15.2. The van der Waals surface area contributed by atoms with Gasteiger partial charge in [0.05, 0.1) is 10.0 Å². The van der Waals surface area contributed by atoms with Crippen LogP contribution in [-0.4, -0.2) is 5.09 Å². The van der Waals surface area contributed by atoms with Crippen LogP contribution in [0.1, 0.15) is 0 Å². The number of nitrogens with zero attached hydrogens (tertiary/aromatic N) is 1. The average Bonchev–Trinajstić information content (AvgIpc) is 2.36. The number of benzene rings is 2. The van der Waals surface area contributed by atoms with Crippen LogP contribution < -0.4 is 9.68 Å². The Labute approximate surface area is 134 Å². The van der Waals surface area contributed by atoms with Gasteiger partial charge in [-0.05, 0) is 36.4 Å². The molecule has 8 heteroatoms. The van der Waals surface area contributed by atoms with E-state index in [9.17, 15) is 4.91 Å². The van der Waals surface area contributed by atoms with Crippen molar-refractivity contribution >= 4 is 46.4 Å². The van der Waals surface area contributed by atoms with Crippen LogP contribution in [0.5, 0.6) is 11.5 Å². The highest BCUT2D eigenvalue weighted by Crippen LogP contribution is 2.30. The van der Waals surface area contributed by atoms with Crippen molar-refractivity contribution in [3.63, 3.8) is 0 Å². The number of hydrogen-bond donors (Lipinski definition) is 0. The molecular weight excluding hydrogens is 348 g/mol. The predicted molar refractivity (Wildman–Crippen MR) is 77.8 cm³/mol. The molecule has 0 heterocycles. The molecule has 0 aromatic heterocycles. The van der Waals surface area contributed by atoms with Crippen LogP contribution in [-0.2, 0) is 0 Å². The molecule has 0 atom stereocenters. The predicted octanol–water partition coefficient (Wildman–Crippen LogP) is 5.37. The fraction of sp³-hybridized carbons (Fsp3) is 0. The third-order valence-corrected chi connectivity index (χ3v) is 3.19. The first-order valence-corrected chi connectivity index (χ1v) is 6.70. The molecule has 0 amide bonds. The molecule has 0 N–H and O–H groups in total. The molecule has 0 spiro atoms. The summed E-state index contributed by atoms with van der Waals surface area (Å²) in [6, 6.07) is 8.77. The Balaban J connectivity index is 2.09. The fourth-order valence-corrected chi connectivity index (χ4v) is 2.16. The molecule has 104 valence electrons. The first-order chi connectivity index (χ1) is 9.45. The molecule has 0 aliphatic heterocycles. The van der Waals surface area contributed by atoms with Crippen LogP contribution in [0.4, 0.5) is 0 Å². The van der Waals surface area contributed by atoms with Crippen molar-refractivity contribution in [2.24, 2.45) is 0 Å². The quantitative estimate of drug-likeness (QED) is 0.694. The standard InChI is InChI=1S/C12H6Cl4NO3/c13-7-1-3-11(9(15)5-7)19-17(18)20-12-4-2-8(14)6-10(12)16/h1-6H/q+1. The van der Waals surface area contributed by atoms with Gasteiger partial charge < -0.3 is 0 Å². The topological polar surface area (TPSA) is 38.5 Å². The largest absolute Gasteiger partial charge is 0.489 e. The second kappa shape index (κ2) is 6.50. The van der Waals surface area contributed by atoms with E-state index in [1.165, 1.54) is 36.4 Å². The maximum Gasteiger partial charge on any atom is 0.489 e. The van der Waals surface area contributed by atoms with Gasteiger partial charge in [0.1, 0.15) is 4.91 Å². The smallest absolute Gasteiger partial charge is 0.143 e. The van der Waals surface area contributed by atoms with Crippen molar-refractivity contribution in [3.8, 4) is 11.5 Å². The summed E-state index contributed by atoms with van der Waals surface area (Å²) in [5.74, 6) is 0.187. The van der Waals surface area contributed by atoms with Gasteiger partial charge in [0.15, 0.2) is 0 Å². The maximum atomic E-state index is 11.5. The summed E-state index contributed by atoms with van der Waals surface area (Å²) in [7, 11) is 0. The monoisotopic (exact) mass is 352 g/mol. The number of rotatable bonds is 4. The van der Waals surface area contributed by atoms with Gasteiger partial charge in [-0.25, -0.2) is 0 Å². The third kappa shape index (κ3) is 3.90. The third-order valence-electron chi connectivity index (χ3n) is 2.13. The van der Waals surface area contributed by atoms with E-state index < -0.39 is 0 Å². The van der Waals surface area contributed by atoms with Gasteiger partial charge in [-0.1, -0.05) is 46.4 Å². The van der Waals surface area contributed by atoms with E-state index in [1.807, 2.05) is 0 Å². The Morgan fingerprint density at radius 2 is 1.15 bits per heavy atom. The summed E-state index contributed by atoms with van der Waals surface area (Å²) >= 11 is 23.2.